The van der Waals surface area contributed by atoms with Gasteiger partial charge in [-0.1, -0.05) is 6.07 Å². The summed E-state index contributed by atoms with van der Waals surface area (Å²) < 4.78 is 5.12. The van der Waals surface area contributed by atoms with Crippen LogP contribution in [0.2, 0.25) is 0 Å². The summed E-state index contributed by atoms with van der Waals surface area (Å²) in [6, 6.07) is 5.61. The third-order valence-corrected chi connectivity index (χ3v) is 1.89. The molecule has 0 unspecified atom stereocenters. The van der Waals surface area contributed by atoms with E-state index in [0.717, 1.165) is 23.0 Å². The first-order valence-corrected chi connectivity index (χ1v) is 3.92. The molecule has 1 aliphatic heterocycles. The summed E-state index contributed by atoms with van der Waals surface area (Å²) in [6.07, 6.45) is 2.70. The van der Waals surface area contributed by atoms with Gasteiger partial charge in [-0.2, -0.15) is 0 Å². The second kappa shape index (κ2) is 2.94. The molecule has 13 heavy (non-hydrogen) atoms. The summed E-state index contributed by atoms with van der Waals surface area (Å²) in [5.74, 6) is -0.0357. The molecule has 0 saturated heterocycles. The highest BCUT2D eigenvalue weighted by Gasteiger charge is 2.13. The number of rotatable bonds is 2. The number of carboxylic acids is 1. The van der Waals surface area contributed by atoms with Crippen LogP contribution in [0.25, 0.3) is 6.08 Å². The van der Waals surface area contributed by atoms with E-state index >= 15 is 0 Å². The fraction of sp³-hybridized carbons (Fsp3) is 0.100. The van der Waals surface area contributed by atoms with Crippen molar-refractivity contribution >= 4 is 12.0 Å². The zero-order valence-electron chi connectivity index (χ0n) is 6.86. The molecule has 1 aromatic rings. The average molecular weight is 176 g/mol. The zero-order chi connectivity index (χ0) is 9.26. The Bertz CT molecular complexity index is 380. The standard InChI is InChI=1S/C10H8O3/c11-10(12)4-2-7-1-3-9-8(5-7)6-13-9/h1-5H,6H2,(H,11,12)/b4-2+. The molecule has 0 saturated carbocycles. The molecule has 0 aromatic heterocycles. The zero-order valence-corrected chi connectivity index (χ0v) is 6.86. The molecule has 0 spiro atoms. The van der Waals surface area contributed by atoms with Crippen LogP contribution in [0, 0.1) is 0 Å². The van der Waals surface area contributed by atoms with Gasteiger partial charge in [-0.05, 0) is 23.8 Å². The maximum absolute atomic E-state index is 10.2. The summed E-state index contributed by atoms with van der Waals surface area (Å²) in [7, 11) is 0. The molecule has 66 valence electrons. The molecule has 1 aliphatic rings. The van der Waals surface area contributed by atoms with Crippen molar-refractivity contribution in [1.29, 1.82) is 0 Å². The number of aliphatic carboxylic acids is 1. The van der Waals surface area contributed by atoms with Gasteiger partial charge >= 0.3 is 5.97 Å². The van der Waals surface area contributed by atoms with Gasteiger partial charge in [-0.3, -0.25) is 0 Å². The van der Waals surface area contributed by atoms with Crippen LogP contribution in [0.4, 0.5) is 0 Å². The summed E-state index contributed by atoms with van der Waals surface area (Å²) in [4.78, 5) is 10.2. The first-order chi connectivity index (χ1) is 6.25. The molecule has 1 N–H and O–H groups in total. The summed E-state index contributed by atoms with van der Waals surface area (Å²) >= 11 is 0. The number of hydrogen-bond donors (Lipinski definition) is 1. The van der Waals surface area contributed by atoms with Gasteiger partial charge in [0.25, 0.3) is 0 Å². The van der Waals surface area contributed by atoms with E-state index in [9.17, 15) is 4.79 Å². The Kier molecular flexibility index (Phi) is 1.77. The number of carbonyl (C=O) groups is 1. The van der Waals surface area contributed by atoms with Crippen molar-refractivity contribution < 1.29 is 14.6 Å². The van der Waals surface area contributed by atoms with Crippen LogP contribution >= 0.6 is 0 Å². The first-order valence-electron chi connectivity index (χ1n) is 3.92. The van der Waals surface area contributed by atoms with Gasteiger partial charge in [0.05, 0.1) is 0 Å². The van der Waals surface area contributed by atoms with Crippen LogP contribution in [-0.2, 0) is 11.4 Å². The van der Waals surface area contributed by atoms with Crippen molar-refractivity contribution in [2.75, 3.05) is 0 Å². The molecule has 3 heteroatoms. The van der Waals surface area contributed by atoms with E-state index in [1.807, 2.05) is 18.2 Å². The molecule has 1 aromatic carbocycles. The van der Waals surface area contributed by atoms with Gasteiger partial charge < -0.3 is 9.84 Å². The van der Waals surface area contributed by atoms with E-state index in [-0.39, 0.29) is 0 Å². The lowest BCUT2D eigenvalue weighted by Gasteiger charge is -2.19. The summed E-state index contributed by atoms with van der Waals surface area (Å²) in [6.45, 7) is 0.629. The Balaban J connectivity index is 2.22. The number of carboxylic acid groups (broad SMARTS) is 1. The molecule has 3 nitrogen and oxygen atoms in total. The molecule has 0 fully saturated rings. The fourth-order valence-corrected chi connectivity index (χ4v) is 1.20. The Morgan fingerprint density at radius 2 is 2.38 bits per heavy atom. The van der Waals surface area contributed by atoms with Crippen LogP contribution in [0.15, 0.2) is 24.3 Å². The number of fused-ring (bicyclic) bond motifs is 1. The number of hydrogen-bond acceptors (Lipinski definition) is 2. The lowest BCUT2D eigenvalue weighted by molar-refractivity contribution is -0.131. The second-order valence-electron chi connectivity index (χ2n) is 2.83. The molecular formula is C10H8O3. The van der Waals surface area contributed by atoms with Gasteiger partial charge in [0.1, 0.15) is 12.4 Å². The Labute approximate surface area is 75.3 Å². The minimum atomic E-state index is -0.932. The van der Waals surface area contributed by atoms with Gasteiger partial charge in [-0.25, -0.2) is 4.79 Å². The molecule has 0 atom stereocenters. The minimum absolute atomic E-state index is 0.629. The van der Waals surface area contributed by atoms with E-state index in [1.165, 1.54) is 0 Å². The Morgan fingerprint density at radius 1 is 1.54 bits per heavy atom. The van der Waals surface area contributed by atoms with E-state index in [0.29, 0.717) is 6.61 Å². The molecule has 0 aliphatic carbocycles. The molecule has 2 rings (SSSR count). The van der Waals surface area contributed by atoms with Crippen molar-refractivity contribution in [1.82, 2.24) is 0 Å². The van der Waals surface area contributed by atoms with E-state index in [4.69, 9.17) is 9.84 Å². The largest absolute Gasteiger partial charge is 0.488 e. The number of ether oxygens (including phenoxy) is 1. The molecular weight excluding hydrogens is 168 g/mol. The van der Waals surface area contributed by atoms with Gasteiger partial charge in [0.2, 0.25) is 0 Å². The Morgan fingerprint density at radius 3 is 2.92 bits per heavy atom. The maximum atomic E-state index is 10.2. The summed E-state index contributed by atoms with van der Waals surface area (Å²) in [5, 5.41) is 8.40. The highest BCUT2D eigenvalue weighted by Crippen LogP contribution is 2.29. The topological polar surface area (TPSA) is 46.5 Å². The van der Waals surface area contributed by atoms with Crippen LogP contribution in [-0.4, -0.2) is 11.1 Å². The molecule has 0 bridgehead atoms. The van der Waals surface area contributed by atoms with Crippen LogP contribution in [0.1, 0.15) is 11.1 Å². The third-order valence-electron chi connectivity index (χ3n) is 1.89. The lowest BCUT2D eigenvalue weighted by atomic mass is 10.1. The third kappa shape index (κ3) is 1.54. The fourth-order valence-electron chi connectivity index (χ4n) is 1.20. The van der Waals surface area contributed by atoms with Gasteiger partial charge in [0, 0.05) is 11.6 Å². The molecule has 0 amide bonds. The minimum Gasteiger partial charge on any atom is -0.488 e. The molecule has 1 heterocycles. The Hall–Kier alpha value is -1.77. The van der Waals surface area contributed by atoms with Crippen molar-refractivity contribution in [3.8, 4) is 5.75 Å². The average Bonchev–Trinajstić information content (AvgIpc) is 2.05. The van der Waals surface area contributed by atoms with E-state index in [2.05, 4.69) is 0 Å². The maximum Gasteiger partial charge on any atom is 0.328 e. The smallest absolute Gasteiger partial charge is 0.328 e. The van der Waals surface area contributed by atoms with Gasteiger partial charge in [0.15, 0.2) is 0 Å². The van der Waals surface area contributed by atoms with Crippen molar-refractivity contribution in [3.05, 3.63) is 35.4 Å². The lowest BCUT2D eigenvalue weighted by Crippen LogP contribution is -2.08. The highest BCUT2D eigenvalue weighted by molar-refractivity contribution is 5.85. The molecule has 0 radical (unpaired) electrons. The van der Waals surface area contributed by atoms with E-state index in [1.54, 1.807) is 6.08 Å². The van der Waals surface area contributed by atoms with Gasteiger partial charge in [-0.15, -0.1) is 0 Å². The van der Waals surface area contributed by atoms with Crippen LogP contribution < -0.4 is 4.74 Å². The summed E-state index contributed by atoms with van der Waals surface area (Å²) in [5.41, 5.74) is 2.02. The second-order valence-corrected chi connectivity index (χ2v) is 2.83. The van der Waals surface area contributed by atoms with Crippen molar-refractivity contribution in [2.24, 2.45) is 0 Å². The van der Waals surface area contributed by atoms with E-state index < -0.39 is 5.97 Å². The van der Waals surface area contributed by atoms with Crippen LogP contribution in [0.5, 0.6) is 5.75 Å². The predicted octanol–water partition coefficient (Wildman–Crippen LogP) is 1.68. The SMILES string of the molecule is O=C(O)/C=C/c1ccc2c(c1)CO2. The first kappa shape index (κ1) is 7.86. The quantitative estimate of drug-likeness (QED) is 0.697. The van der Waals surface area contributed by atoms with Crippen LogP contribution in [0.3, 0.4) is 0 Å². The van der Waals surface area contributed by atoms with Crippen molar-refractivity contribution in [2.45, 2.75) is 6.61 Å². The number of benzene rings is 1. The predicted molar refractivity (Wildman–Crippen MR) is 47.4 cm³/mol. The normalized spacial score (nSPS) is 13.2. The highest BCUT2D eigenvalue weighted by atomic mass is 16.5. The monoisotopic (exact) mass is 176 g/mol. The van der Waals surface area contributed by atoms with Crippen molar-refractivity contribution in [3.63, 3.8) is 0 Å².